The molecule has 0 unspecified atom stereocenters. The Labute approximate surface area is 159 Å². The fraction of sp³-hybridized carbons (Fsp3) is 0.300. The van der Waals surface area contributed by atoms with Gasteiger partial charge in [-0.1, -0.05) is 12.1 Å². The molecule has 0 spiro atoms. The fourth-order valence-corrected chi connectivity index (χ4v) is 3.12. The lowest BCUT2D eigenvalue weighted by atomic mass is 10.1. The molecule has 0 aliphatic carbocycles. The second-order valence-corrected chi connectivity index (χ2v) is 6.55. The first-order chi connectivity index (χ1) is 13.4. The second kappa shape index (κ2) is 8.41. The number of hydrogen-bond acceptors (Lipinski definition) is 2. The van der Waals surface area contributed by atoms with Crippen molar-refractivity contribution in [1.82, 2.24) is 9.80 Å². The Morgan fingerprint density at radius 1 is 0.786 bits per heavy atom. The lowest BCUT2D eigenvalue weighted by molar-refractivity contribution is -0.130. The van der Waals surface area contributed by atoms with Crippen LogP contribution in [0.1, 0.15) is 22.3 Å². The van der Waals surface area contributed by atoms with Gasteiger partial charge in [-0.2, -0.15) is 0 Å². The molecule has 1 aliphatic heterocycles. The van der Waals surface area contributed by atoms with Gasteiger partial charge in [-0.25, -0.2) is 17.6 Å². The average molecular weight is 394 g/mol. The third-order valence-electron chi connectivity index (χ3n) is 4.67. The van der Waals surface area contributed by atoms with E-state index >= 15 is 0 Å². The number of benzene rings is 2. The number of hydrogen-bond donors (Lipinski definition) is 0. The maximum atomic E-state index is 13.9. The van der Waals surface area contributed by atoms with E-state index in [-0.39, 0.29) is 37.8 Å². The molecule has 0 bridgehead atoms. The Kier molecular flexibility index (Phi) is 5.96. The molecular formula is C20H18F4N2O2. The average Bonchev–Trinajstić information content (AvgIpc) is 2.94. The minimum absolute atomic E-state index is 0.103. The maximum absolute atomic E-state index is 13.9. The van der Waals surface area contributed by atoms with Gasteiger partial charge < -0.3 is 9.80 Å². The van der Waals surface area contributed by atoms with E-state index in [0.717, 1.165) is 6.07 Å². The van der Waals surface area contributed by atoms with Gasteiger partial charge >= 0.3 is 0 Å². The summed E-state index contributed by atoms with van der Waals surface area (Å²) in [5.41, 5.74) is 0.137. The summed E-state index contributed by atoms with van der Waals surface area (Å²) in [7, 11) is 0. The molecule has 148 valence electrons. The number of rotatable bonds is 3. The minimum atomic E-state index is -1.68. The van der Waals surface area contributed by atoms with Crippen LogP contribution in [0.3, 0.4) is 0 Å². The Morgan fingerprint density at radius 2 is 1.43 bits per heavy atom. The normalized spacial score (nSPS) is 14.7. The van der Waals surface area contributed by atoms with Crippen LogP contribution in [0.4, 0.5) is 17.6 Å². The van der Waals surface area contributed by atoms with Crippen molar-refractivity contribution >= 4 is 11.8 Å². The SMILES string of the molecule is O=C(Cc1ccc(F)cc1)N1CCCN(C(=O)c2ccc(F)c(F)c2F)CC1. The Hall–Kier alpha value is -2.90. The lowest BCUT2D eigenvalue weighted by Gasteiger charge is -2.22. The number of halogens is 4. The summed E-state index contributed by atoms with van der Waals surface area (Å²) >= 11 is 0. The van der Waals surface area contributed by atoms with Crippen LogP contribution in [0.2, 0.25) is 0 Å². The summed E-state index contributed by atoms with van der Waals surface area (Å²) in [5, 5.41) is 0. The summed E-state index contributed by atoms with van der Waals surface area (Å²) in [5.74, 6) is -5.86. The number of nitrogens with zero attached hydrogens (tertiary/aromatic N) is 2. The zero-order valence-corrected chi connectivity index (χ0v) is 14.9. The number of carbonyl (C=O) groups excluding carboxylic acids is 2. The largest absolute Gasteiger partial charge is 0.341 e. The van der Waals surface area contributed by atoms with Crippen molar-refractivity contribution in [3.8, 4) is 0 Å². The molecule has 28 heavy (non-hydrogen) atoms. The van der Waals surface area contributed by atoms with Crippen LogP contribution < -0.4 is 0 Å². The molecule has 3 rings (SSSR count). The molecule has 2 aromatic rings. The Morgan fingerprint density at radius 3 is 2.14 bits per heavy atom. The maximum Gasteiger partial charge on any atom is 0.257 e. The zero-order chi connectivity index (χ0) is 20.3. The molecule has 0 aromatic heterocycles. The van der Waals surface area contributed by atoms with Gasteiger partial charge in [0.1, 0.15) is 5.82 Å². The number of amides is 2. The van der Waals surface area contributed by atoms with E-state index in [1.54, 1.807) is 4.90 Å². The highest BCUT2D eigenvalue weighted by molar-refractivity contribution is 5.94. The highest BCUT2D eigenvalue weighted by atomic mass is 19.2. The van der Waals surface area contributed by atoms with Gasteiger partial charge in [-0.15, -0.1) is 0 Å². The highest BCUT2D eigenvalue weighted by Crippen LogP contribution is 2.18. The first-order valence-electron chi connectivity index (χ1n) is 8.82. The van der Waals surface area contributed by atoms with Gasteiger partial charge in [0.05, 0.1) is 12.0 Å². The minimum Gasteiger partial charge on any atom is -0.341 e. The first-order valence-corrected chi connectivity index (χ1v) is 8.82. The van der Waals surface area contributed by atoms with Crippen LogP contribution in [-0.2, 0) is 11.2 Å². The summed E-state index contributed by atoms with van der Waals surface area (Å²) in [6, 6.07) is 7.25. The van der Waals surface area contributed by atoms with E-state index in [9.17, 15) is 27.2 Å². The predicted molar refractivity (Wildman–Crippen MR) is 93.5 cm³/mol. The van der Waals surface area contributed by atoms with Gasteiger partial charge in [0, 0.05) is 26.2 Å². The Bertz CT molecular complexity index is 887. The van der Waals surface area contributed by atoms with Gasteiger partial charge in [0.15, 0.2) is 17.5 Å². The molecule has 0 N–H and O–H groups in total. The smallest absolute Gasteiger partial charge is 0.257 e. The third-order valence-corrected chi connectivity index (χ3v) is 4.67. The zero-order valence-electron chi connectivity index (χ0n) is 14.9. The lowest BCUT2D eigenvalue weighted by Crippen LogP contribution is -2.38. The van der Waals surface area contributed by atoms with Crippen molar-refractivity contribution in [2.45, 2.75) is 12.8 Å². The van der Waals surface area contributed by atoms with E-state index in [4.69, 9.17) is 0 Å². The molecule has 4 nitrogen and oxygen atoms in total. The molecule has 1 saturated heterocycles. The van der Waals surface area contributed by atoms with Crippen molar-refractivity contribution in [3.05, 3.63) is 70.8 Å². The van der Waals surface area contributed by atoms with Gasteiger partial charge in [-0.05, 0) is 36.2 Å². The molecule has 0 saturated carbocycles. The summed E-state index contributed by atoms with van der Waals surface area (Å²) < 4.78 is 53.3. The molecular weight excluding hydrogens is 376 g/mol. The van der Waals surface area contributed by atoms with Crippen LogP contribution in [0.25, 0.3) is 0 Å². The summed E-state index contributed by atoms with van der Waals surface area (Å²) in [6.45, 7) is 1.05. The topological polar surface area (TPSA) is 40.6 Å². The molecule has 0 radical (unpaired) electrons. The van der Waals surface area contributed by atoms with Gasteiger partial charge in [0.25, 0.3) is 5.91 Å². The van der Waals surface area contributed by atoms with E-state index in [0.29, 0.717) is 24.6 Å². The van der Waals surface area contributed by atoms with Crippen molar-refractivity contribution < 1.29 is 27.2 Å². The van der Waals surface area contributed by atoms with Crippen molar-refractivity contribution in [1.29, 1.82) is 0 Å². The highest BCUT2D eigenvalue weighted by Gasteiger charge is 2.26. The first kappa shape index (κ1) is 19.9. The van der Waals surface area contributed by atoms with Crippen molar-refractivity contribution in [2.75, 3.05) is 26.2 Å². The van der Waals surface area contributed by atoms with E-state index in [1.807, 2.05) is 0 Å². The molecule has 1 heterocycles. The van der Waals surface area contributed by atoms with E-state index in [1.165, 1.54) is 29.2 Å². The Balaban J connectivity index is 1.64. The fourth-order valence-electron chi connectivity index (χ4n) is 3.12. The number of carbonyl (C=O) groups is 2. The second-order valence-electron chi connectivity index (χ2n) is 6.55. The predicted octanol–water partition coefficient (Wildman–Crippen LogP) is 3.16. The van der Waals surface area contributed by atoms with Gasteiger partial charge in [-0.3, -0.25) is 9.59 Å². The van der Waals surface area contributed by atoms with Crippen molar-refractivity contribution in [3.63, 3.8) is 0 Å². The quantitative estimate of drug-likeness (QED) is 0.593. The molecule has 2 amide bonds. The molecule has 2 aromatic carbocycles. The van der Waals surface area contributed by atoms with Crippen LogP contribution >= 0.6 is 0 Å². The standard InChI is InChI=1S/C20H18F4N2O2/c21-14-4-2-13(3-5-14)12-17(27)25-8-1-9-26(11-10-25)20(28)15-6-7-16(22)19(24)18(15)23/h2-7H,1,8-12H2. The molecule has 1 aliphatic rings. The third kappa shape index (κ3) is 4.32. The molecule has 1 fully saturated rings. The van der Waals surface area contributed by atoms with Crippen LogP contribution in [-0.4, -0.2) is 47.8 Å². The van der Waals surface area contributed by atoms with Crippen LogP contribution in [0.15, 0.2) is 36.4 Å². The van der Waals surface area contributed by atoms with Crippen LogP contribution in [0.5, 0.6) is 0 Å². The molecule has 0 atom stereocenters. The van der Waals surface area contributed by atoms with E-state index < -0.39 is 28.9 Å². The van der Waals surface area contributed by atoms with E-state index in [2.05, 4.69) is 0 Å². The molecule has 8 heteroatoms. The van der Waals surface area contributed by atoms with Gasteiger partial charge in [0.2, 0.25) is 5.91 Å². The summed E-state index contributed by atoms with van der Waals surface area (Å²) in [6.07, 6.45) is 0.568. The summed E-state index contributed by atoms with van der Waals surface area (Å²) in [4.78, 5) is 27.9. The monoisotopic (exact) mass is 394 g/mol. The van der Waals surface area contributed by atoms with Crippen LogP contribution in [0, 0.1) is 23.3 Å². The van der Waals surface area contributed by atoms with Crippen molar-refractivity contribution in [2.24, 2.45) is 0 Å².